The maximum absolute atomic E-state index is 11.5. The van der Waals surface area contributed by atoms with Crippen LogP contribution in [0, 0.1) is 11.8 Å². The third-order valence-corrected chi connectivity index (χ3v) is 3.10. The lowest BCUT2D eigenvalue weighted by molar-refractivity contribution is 0.0529. The molecular weight excluding hydrogens is 312 g/mol. The molecule has 2 aromatic rings. The first-order valence-corrected chi connectivity index (χ1v) is 8.30. The van der Waals surface area contributed by atoms with E-state index in [1.165, 1.54) is 0 Å². The smallest absolute Gasteiger partial charge is 0.407 e. The Bertz CT molecular complexity index is 735. The zero-order chi connectivity index (χ0) is 18.1. The van der Waals surface area contributed by atoms with Gasteiger partial charge in [0.2, 0.25) is 0 Å². The van der Waals surface area contributed by atoms with Crippen LogP contribution in [0.5, 0.6) is 0 Å². The zero-order valence-corrected chi connectivity index (χ0v) is 14.9. The summed E-state index contributed by atoms with van der Waals surface area (Å²) in [7, 11) is 0. The Hall–Kier alpha value is -2.93. The van der Waals surface area contributed by atoms with Gasteiger partial charge in [-0.1, -0.05) is 30.0 Å². The molecule has 4 nitrogen and oxygen atoms in total. The Morgan fingerprint density at radius 2 is 1.64 bits per heavy atom. The molecule has 2 aromatic carbocycles. The average molecular weight is 336 g/mol. The Labute approximate surface area is 149 Å². The van der Waals surface area contributed by atoms with Crippen molar-refractivity contribution >= 4 is 17.5 Å². The highest BCUT2D eigenvalue weighted by Gasteiger charge is 2.15. The largest absolute Gasteiger partial charge is 0.444 e. The number of carbonyl (C=O) groups excluding carboxylic acids is 1. The number of anilines is 2. The summed E-state index contributed by atoms with van der Waals surface area (Å²) < 4.78 is 5.16. The summed E-state index contributed by atoms with van der Waals surface area (Å²) in [5.74, 6) is 6.14. The van der Waals surface area contributed by atoms with Gasteiger partial charge in [0.15, 0.2) is 0 Å². The second-order valence-electron chi connectivity index (χ2n) is 6.55. The van der Waals surface area contributed by atoms with Gasteiger partial charge in [-0.25, -0.2) is 4.79 Å². The van der Waals surface area contributed by atoms with Crippen molar-refractivity contribution in [2.45, 2.75) is 32.8 Å². The Morgan fingerprint density at radius 1 is 1.00 bits per heavy atom. The number of rotatable bonds is 4. The van der Waals surface area contributed by atoms with E-state index in [0.717, 1.165) is 16.9 Å². The molecule has 0 saturated heterocycles. The topological polar surface area (TPSA) is 50.4 Å². The van der Waals surface area contributed by atoms with Crippen molar-refractivity contribution in [2.24, 2.45) is 0 Å². The fraction of sp³-hybridized carbons (Fsp3) is 0.286. The van der Waals surface area contributed by atoms with E-state index < -0.39 is 11.7 Å². The third-order valence-electron chi connectivity index (χ3n) is 3.10. The number of ether oxygens (including phenoxy) is 1. The number of amides is 1. The molecular formula is C21H24N2O2. The van der Waals surface area contributed by atoms with Crippen molar-refractivity contribution in [1.29, 1.82) is 0 Å². The summed E-state index contributed by atoms with van der Waals surface area (Å²) in [5.41, 5.74) is 2.53. The molecule has 0 aliphatic rings. The quantitative estimate of drug-likeness (QED) is 0.629. The van der Waals surface area contributed by atoms with E-state index in [2.05, 4.69) is 22.5 Å². The van der Waals surface area contributed by atoms with Crippen molar-refractivity contribution in [3.63, 3.8) is 0 Å². The fourth-order valence-corrected chi connectivity index (χ4v) is 2.03. The normalized spacial score (nSPS) is 10.4. The summed E-state index contributed by atoms with van der Waals surface area (Å²) in [6.45, 7) is 5.98. The molecule has 0 bridgehead atoms. The van der Waals surface area contributed by atoms with E-state index in [4.69, 9.17) is 4.74 Å². The van der Waals surface area contributed by atoms with Gasteiger partial charge in [0.25, 0.3) is 0 Å². The van der Waals surface area contributed by atoms with Gasteiger partial charge in [0.05, 0.1) is 0 Å². The molecule has 2 N–H and O–H groups in total. The van der Waals surface area contributed by atoms with Gasteiger partial charge in [-0.2, -0.15) is 0 Å². The summed E-state index contributed by atoms with van der Waals surface area (Å²) in [5, 5.41) is 6.02. The number of para-hydroxylation sites is 1. The lowest BCUT2D eigenvalue weighted by Crippen LogP contribution is -2.32. The molecule has 130 valence electrons. The molecule has 0 atom stereocenters. The lowest BCUT2D eigenvalue weighted by Gasteiger charge is -2.19. The summed E-state index contributed by atoms with van der Waals surface area (Å²) in [6.07, 6.45) is 0.161. The summed E-state index contributed by atoms with van der Waals surface area (Å²) in [4.78, 5) is 11.5. The van der Waals surface area contributed by atoms with Crippen LogP contribution in [0.1, 0.15) is 32.8 Å². The predicted molar refractivity (Wildman–Crippen MR) is 102 cm³/mol. The van der Waals surface area contributed by atoms with E-state index in [9.17, 15) is 4.79 Å². The first-order chi connectivity index (χ1) is 11.9. The first-order valence-electron chi connectivity index (χ1n) is 8.30. The maximum Gasteiger partial charge on any atom is 0.407 e. The number of alkyl carbamates (subject to hydrolysis) is 1. The van der Waals surface area contributed by atoms with E-state index in [0.29, 0.717) is 13.0 Å². The second kappa shape index (κ2) is 8.79. The van der Waals surface area contributed by atoms with E-state index in [1.54, 1.807) is 0 Å². The molecule has 1 amide bonds. The van der Waals surface area contributed by atoms with Gasteiger partial charge in [-0.3, -0.25) is 0 Å². The molecule has 0 aromatic heterocycles. The lowest BCUT2D eigenvalue weighted by atomic mass is 10.2. The zero-order valence-electron chi connectivity index (χ0n) is 14.9. The minimum absolute atomic E-state index is 0.411. The number of hydrogen-bond acceptors (Lipinski definition) is 3. The van der Waals surface area contributed by atoms with Crippen LogP contribution in [-0.4, -0.2) is 18.2 Å². The third kappa shape index (κ3) is 7.45. The average Bonchev–Trinajstić information content (AvgIpc) is 2.55. The molecule has 4 heteroatoms. The molecule has 0 radical (unpaired) electrons. The van der Waals surface area contributed by atoms with Gasteiger partial charge in [-0.15, -0.1) is 0 Å². The molecule has 0 saturated carbocycles. The van der Waals surface area contributed by atoms with Crippen molar-refractivity contribution in [3.8, 4) is 11.8 Å². The Kier molecular flexibility index (Phi) is 6.47. The van der Waals surface area contributed by atoms with Gasteiger partial charge in [0.1, 0.15) is 5.60 Å². The highest BCUT2D eigenvalue weighted by Crippen LogP contribution is 2.16. The van der Waals surface area contributed by atoms with Crippen LogP contribution in [0.3, 0.4) is 0 Å². The SMILES string of the molecule is CC(C)(C)OC(=O)NCCC#Cc1ccc(Nc2ccccc2)cc1. The molecule has 0 heterocycles. The van der Waals surface area contributed by atoms with Crippen molar-refractivity contribution in [1.82, 2.24) is 5.32 Å². The standard InChI is InChI=1S/C21H24N2O2/c1-21(2,3)25-20(24)22-16-8-7-9-17-12-14-19(15-13-17)23-18-10-5-4-6-11-18/h4-6,10-15,23H,8,16H2,1-3H3,(H,22,24). The Balaban J connectivity index is 1.76. The van der Waals surface area contributed by atoms with Crippen LogP contribution in [0.25, 0.3) is 0 Å². The van der Waals surface area contributed by atoms with Gasteiger partial charge < -0.3 is 15.4 Å². The van der Waals surface area contributed by atoms with Crippen LogP contribution in [0.4, 0.5) is 16.2 Å². The number of hydrogen-bond donors (Lipinski definition) is 2. The van der Waals surface area contributed by atoms with Gasteiger partial charge in [-0.05, 0) is 57.2 Å². The minimum Gasteiger partial charge on any atom is -0.444 e. The Morgan fingerprint density at radius 3 is 2.28 bits per heavy atom. The number of benzene rings is 2. The van der Waals surface area contributed by atoms with E-state index in [-0.39, 0.29) is 0 Å². The predicted octanol–water partition coefficient (Wildman–Crippen LogP) is 4.70. The van der Waals surface area contributed by atoms with Crippen molar-refractivity contribution in [3.05, 3.63) is 60.2 Å². The van der Waals surface area contributed by atoms with E-state index in [1.807, 2.05) is 75.4 Å². The summed E-state index contributed by atoms with van der Waals surface area (Å²) in [6, 6.07) is 17.9. The summed E-state index contributed by atoms with van der Waals surface area (Å²) >= 11 is 0. The van der Waals surface area contributed by atoms with Crippen molar-refractivity contribution in [2.75, 3.05) is 11.9 Å². The van der Waals surface area contributed by atoms with Crippen LogP contribution >= 0.6 is 0 Å². The molecule has 0 fully saturated rings. The van der Waals surface area contributed by atoms with Crippen molar-refractivity contribution < 1.29 is 9.53 Å². The molecule has 2 rings (SSSR count). The van der Waals surface area contributed by atoms with E-state index >= 15 is 0 Å². The minimum atomic E-state index is -0.481. The van der Waals surface area contributed by atoms with Crippen LogP contribution in [0.15, 0.2) is 54.6 Å². The maximum atomic E-state index is 11.5. The number of nitrogens with one attached hydrogen (secondary N) is 2. The molecule has 0 aliphatic heterocycles. The first kappa shape index (κ1) is 18.4. The van der Waals surface area contributed by atoms with Gasteiger partial charge >= 0.3 is 6.09 Å². The molecule has 0 spiro atoms. The highest BCUT2D eigenvalue weighted by atomic mass is 16.6. The van der Waals surface area contributed by atoms with Crippen LogP contribution in [0.2, 0.25) is 0 Å². The monoisotopic (exact) mass is 336 g/mol. The highest BCUT2D eigenvalue weighted by molar-refractivity contribution is 5.67. The molecule has 0 aliphatic carbocycles. The molecule has 25 heavy (non-hydrogen) atoms. The van der Waals surface area contributed by atoms with Gasteiger partial charge in [0, 0.05) is 29.9 Å². The molecule has 0 unspecified atom stereocenters. The fourth-order valence-electron chi connectivity index (χ4n) is 2.03. The second-order valence-corrected chi connectivity index (χ2v) is 6.55. The van der Waals surface area contributed by atoms with Crippen LogP contribution in [-0.2, 0) is 4.74 Å². The van der Waals surface area contributed by atoms with Crippen LogP contribution < -0.4 is 10.6 Å². The number of carbonyl (C=O) groups is 1.